The molecule has 0 amide bonds. The summed E-state index contributed by atoms with van der Waals surface area (Å²) < 4.78 is 0. The van der Waals surface area contributed by atoms with Gasteiger partial charge in [0.2, 0.25) is 0 Å². The smallest absolute Gasteiger partial charge is 0.251 e. The molecule has 1 aliphatic heterocycles. The molecule has 0 unspecified atom stereocenters. The Balaban J connectivity index is 1.47. The molecule has 1 N–H and O–H groups in total. The van der Waals surface area contributed by atoms with Crippen molar-refractivity contribution in [2.24, 2.45) is 0 Å². The lowest BCUT2D eigenvalue weighted by atomic mass is 10.1. The molecule has 0 spiro atoms. The minimum atomic E-state index is -0.0670. The summed E-state index contributed by atoms with van der Waals surface area (Å²) in [4.78, 5) is 28.4. The van der Waals surface area contributed by atoms with Crippen molar-refractivity contribution in [3.8, 4) is 6.07 Å². The van der Waals surface area contributed by atoms with Crippen LogP contribution in [-0.2, 0) is 0 Å². The standard InChI is InChI=1S/C21H22N6O/c1-14-9-18-19(25-21(14)28)10-17(13-23-18)15(2)26-5-7-27(8-6-26)20-4-3-16(11-22)12-24-20/h3-4,9-10,12-13,15H,5-8H2,1-2H3,(H,25,28)/t15-/m0/s1. The van der Waals surface area contributed by atoms with E-state index in [4.69, 9.17) is 5.26 Å². The maximum absolute atomic E-state index is 11.9. The van der Waals surface area contributed by atoms with E-state index in [2.05, 4.69) is 37.7 Å². The van der Waals surface area contributed by atoms with Crippen molar-refractivity contribution in [1.82, 2.24) is 19.9 Å². The van der Waals surface area contributed by atoms with Crippen molar-refractivity contribution in [3.63, 3.8) is 0 Å². The second-order valence-electron chi connectivity index (χ2n) is 7.20. The summed E-state index contributed by atoms with van der Waals surface area (Å²) in [5.41, 5.74) is 3.87. The van der Waals surface area contributed by atoms with E-state index in [0.717, 1.165) is 48.6 Å². The predicted molar refractivity (Wildman–Crippen MR) is 108 cm³/mol. The predicted octanol–water partition coefficient (Wildman–Crippen LogP) is 2.38. The fraction of sp³-hybridized carbons (Fsp3) is 0.333. The van der Waals surface area contributed by atoms with Gasteiger partial charge in [0, 0.05) is 50.2 Å². The van der Waals surface area contributed by atoms with Gasteiger partial charge < -0.3 is 9.88 Å². The second-order valence-corrected chi connectivity index (χ2v) is 7.20. The lowest BCUT2D eigenvalue weighted by Crippen LogP contribution is -2.47. The van der Waals surface area contributed by atoms with Crippen LogP contribution in [0.2, 0.25) is 0 Å². The molecule has 1 atom stereocenters. The molecule has 142 valence electrons. The first kappa shape index (κ1) is 18.1. The van der Waals surface area contributed by atoms with Crippen LogP contribution < -0.4 is 10.5 Å². The minimum absolute atomic E-state index is 0.0670. The molecule has 28 heavy (non-hydrogen) atoms. The van der Waals surface area contributed by atoms with Crippen molar-refractivity contribution in [2.45, 2.75) is 19.9 Å². The molecule has 1 aliphatic rings. The van der Waals surface area contributed by atoms with E-state index < -0.39 is 0 Å². The molecule has 0 aromatic carbocycles. The third kappa shape index (κ3) is 3.47. The molecule has 3 aromatic rings. The molecule has 0 saturated carbocycles. The molecule has 4 heterocycles. The number of pyridine rings is 3. The van der Waals surface area contributed by atoms with Gasteiger partial charge in [-0.2, -0.15) is 5.26 Å². The van der Waals surface area contributed by atoms with Crippen molar-refractivity contribution in [1.29, 1.82) is 5.26 Å². The van der Waals surface area contributed by atoms with Crippen LogP contribution in [0.15, 0.2) is 41.5 Å². The van der Waals surface area contributed by atoms with Crippen LogP contribution in [0.3, 0.4) is 0 Å². The summed E-state index contributed by atoms with van der Waals surface area (Å²) in [6, 6.07) is 9.87. The zero-order valence-electron chi connectivity index (χ0n) is 16.0. The number of anilines is 1. The zero-order chi connectivity index (χ0) is 19.7. The van der Waals surface area contributed by atoms with Gasteiger partial charge in [-0.25, -0.2) is 4.98 Å². The first-order valence-electron chi connectivity index (χ1n) is 9.40. The zero-order valence-corrected chi connectivity index (χ0v) is 16.0. The minimum Gasteiger partial charge on any atom is -0.354 e. The number of piperazine rings is 1. The van der Waals surface area contributed by atoms with Gasteiger partial charge in [-0.3, -0.25) is 14.7 Å². The van der Waals surface area contributed by atoms with E-state index in [1.807, 2.05) is 24.4 Å². The number of aromatic nitrogens is 3. The van der Waals surface area contributed by atoms with Gasteiger partial charge in [-0.05, 0) is 43.7 Å². The van der Waals surface area contributed by atoms with Crippen molar-refractivity contribution in [3.05, 3.63) is 63.7 Å². The fourth-order valence-electron chi connectivity index (χ4n) is 3.62. The number of nitrogens with zero attached hydrogens (tertiary/aromatic N) is 5. The van der Waals surface area contributed by atoms with Gasteiger partial charge in [0.25, 0.3) is 5.56 Å². The summed E-state index contributed by atoms with van der Waals surface area (Å²) in [6.07, 6.45) is 3.52. The number of rotatable bonds is 3. The number of aromatic amines is 1. The Bertz CT molecular complexity index is 1090. The summed E-state index contributed by atoms with van der Waals surface area (Å²) in [7, 11) is 0. The van der Waals surface area contributed by atoms with E-state index in [1.54, 1.807) is 19.2 Å². The third-order valence-electron chi connectivity index (χ3n) is 5.44. The van der Waals surface area contributed by atoms with Crippen LogP contribution in [0.25, 0.3) is 11.0 Å². The molecule has 1 saturated heterocycles. The number of aryl methyl sites for hydroxylation is 1. The highest BCUT2D eigenvalue weighted by Gasteiger charge is 2.23. The molecule has 3 aromatic heterocycles. The molecular weight excluding hydrogens is 352 g/mol. The molecule has 7 heteroatoms. The molecule has 4 rings (SSSR count). The number of hydrogen-bond acceptors (Lipinski definition) is 6. The Labute approximate surface area is 163 Å². The average molecular weight is 374 g/mol. The summed E-state index contributed by atoms with van der Waals surface area (Å²) in [6.45, 7) is 7.53. The summed E-state index contributed by atoms with van der Waals surface area (Å²) in [5.74, 6) is 0.909. The van der Waals surface area contributed by atoms with Gasteiger partial charge in [-0.1, -0.05) is 0 Å². The number of nitrogens with one attached hydrogen (secondary N) is 1. The average Bonchev–Trinajstić information content (AvgIpc) is 2.74. The van der Waals surface area contributed by atoms with E-state index in [1.165, 1.54) is 0 Å². The second kappa shape index (κ2) is 7.41. The van der Waals surface area contributed by atoms with E-state index in [-0.39, 0.29) is 11.6 Å². The molecule has 0 aliphatic carbocycles. The summed E-state index contributed by atoms with van der Waals surface area (Å²) >= 11 is 0. The highest BCUT2D eigenvalue weighted by molar-refractivity contribution is 5.74. The monoisotopic (exact) mass is 374 g/mol. The molecule has 0 bridgehead atoms. The first-order chi connectivity index (χ1) is 13.5. The first-order valence-corrected chi connectivity index (χ1v) is 9.40. The maximum atomic E-state index is 11.9. The molecule has 7 nitrogen and oxygen atoms in total. The van der Waals surface area contributed by atoms with E-state index in [9.17, 15) is 4.79 Å². The number of fused-ring (bicyclic) bond motifs is 1. The number of H-pyrrole nitrogens is 1. The van der Waals surface area contributed by atoms with Gasteiger partial charge in [0.1, 0.15) is 11.9 Å². The van der Waals surface area contributed by atoms with Crippen molar-refractivity contribution < 1.29 is 0 Å². The molecule has 1 fully saturated rings. The number of nitriles is 1. The molecular formula is C21H22N6O. The van der Waals surface area contributed by atoms with Crippen LogP contribution in [0.1, 0.15) is 29.7 Å². The van der Waals surface area contributed by atoms with Crippen LogP contribution >= 0.6 is 0 Å². The lowest BCUT2D eigenvalue weighted by molar-refractivity contribution is 0.198. The Kier molecular flexibility index (Phi) is 4.80. The lowest BCUT2D eigenvalue weighted by Gasteiger charge is -2.38. The van der Waals surface area contributed by atoms with Crippen LogP contribution in [0.5, 0.6) is 0 Å². The van der Waals surface area contributed by atoms with E-state index >= 15 is 0 Å². The van der Waals surface area contributed by atoms with Crippen molar-refractivity contribution in [2.75, 3.05) is 31.1 Å². The van der Waals surface area contributed by atoms with Crippen LogP contribution in [-0.4, -0.2) is 46.0 Å². The highest BCUT2D eigenvalue weighted by atomic mass is 16.1. The van der Waals surface area contributed by atoms with Gasteiger partial charge in [-0.15, -0.1) is 0 Å². The number of hydrogen-bond donors (Lipinski definition) is 1. The largest absolute Gasteiger partial charge is 0.354 e. The van der Waals surface area contributed by atoms with Gasteiger partial charge in [0.15, 0.2) is 0 Å². The highest BCUT2D eigenvalue weighted by Crippen LogP contribution is 2.24. The maximum Gasteiger partial charge on any atom is 0.251 e. The normalized spacial score (nSPS) is 16.1. The Morgan fingerprint density at radius 1 is 1.14 bits per heavy atom. The van der Waals surface area contributed by atoms with Crippen molar-refractivity contribution >= 4 is 16.9 Å². The quantitative estimate of drug-likeness (QED) is 0.757. The Morgan fingerprint density at radius 2 is 1.93 bits per heavy atom. The van der Waals surface area contributed by atoms with Gasteiger partial charge >= 0.3 is 0 Å². The Morgan fingerprint density at radius 3 is 2.61 bits per heavy atom. The van der Waals surface area contributed by atoms with Crippen LogP contribution in [0, 0.1) is 18.3 Å². The van der Waals surface area contributed by atoms with Crippen LogP contribution in [0.4, 0.5) is 5.82 Å². The SMILES string of the molecule is Cc1cc2ncc([C@H](C)N3CCN(c4ccc(C#N)cn4)CC3)cc2[nH]c1=O. The Hall–Kier alpha value is -3.24. The fourth-order valence-corrected chi connectivity index (χ4v) is 3.62. The van der Waals surface area contributed by atoms with Gasteiger partial charge in [0.05, 0.1) is 16.6 Å². The summed E-state index contributed by atoms with van der Waals surface area (Å²) in [5, 5.41) is 8.90. The van der Waals surface area contributed by atoms with E-state index in [0.29, 0.717) is 11.1 Å². The topological polar surface area (TPSA) is 88.9 Å². The third-order valence-corrected chi connectivity index (χ3v) is 5.44. The molecule has 0 radical (unpaired) electrons.